The summed E-state index contributed by atoms with van der Waals surface area (Å²) < 4.78 is 0. The Morgan fingerprint density at radius 2 is 1.48 bits per heavy atom. The average molecular weight is 1350 g/mol. The summed E-state index contributed by atoms with van der Waals surface area (Å²) in [5.74, 6) is -6.64. The van der Waals surface area contributed by atoms with Crippen LogP contribution >= 0.6 is 58.2 Å². The van der Waals surface area contributed by atoms with Crippen LogP contribution in [-0.4, -0.2) is 182 Å². The number of imidazole rings is 1. The number of aromatic nitrogens is 3. The minimum absolute atomic E-state index is 0.000550. The van der Waals surface area contributed by atoms with Gasteiger partial charge in [-0.25, -0.2) is 9.78 Å². The lowest BCUT2D eigenvalue weighted by Gasteiger charge is -2.29. The van der Waals surface area contributed by atoms with E-state index in [9.17, 15) is 43.2 Å². The molecule has 11 amide bonds. The van der Waals surface area contributed by atoms with Crippen LogP contribution < -0.4 is 59.7 Å². The number of aliphatic imine (C=N–C) groups is 1. The summed E-state index contributed by atoms with van der Waals surface area (Å²) in [5.41, 5.74) is 18.8. The zero-order chi connectivity index (χ0) is 65.0. The van der Waals surface area contributed by atoms with Crippen LogP contribution in [0.4, 0.5) is 4.79 Å². The summed E-state index contributed by atoms with van der Waals surface area (Å²) >= 11 is 27.8. The van der Waals surface area contributed by atoms with Crippen molar-refractivity contribution < 1.29 is 47.9 Å². The van der Waals surface area contributed by atoms with Gasteiger partial charge in [0.1, 0.15) is 43.3 Å². The number of urea groups is 1. The molecule has 8 atom stereocenters. The number of benzene rings is 2. The molecule has 90 heavy (non-hydrogen) atoms. The van der Waals surface area contributed by atoms with Gasteiger partial charge in [-0.3, -0.25) is 48.1 Å². The number of para-hydroxylation sites is 1. The number of guanidine groups is 1. The van der Waals surface area contributed by atoms with Crippen molar-refractivity contribution in [1.82, 2.24) is 67.3 Å². The SMILES string of the molecule is CCCC[C@H](NC(=O)CCCC[C@@H]1SC[C@@H]2NC(=O)N[C@@H]21)C(=O)N1CC(=O)NCCCCN(CC(N)=O)C(=O)[C@H](Cc2c[nH]c3ccccc23)NC(=O)[C@H](CCCN=C(N)N)NC(=O)[C@@H](Cc2cc(Cl)c(Cl)c(Cl)c2Cl)NC(=O)[C@H](Cc2cnc[nH]2)NC(=O)C1. The number of amides is 11. The Balaban J connectivity index is 1.22. The molecule has 0 spiro atoms. The minimum atomic E-state index is -1.67. The van der Waals surface area contributed by atoms with Gasteiger partial charge in [0.2, 0.25) is 53.2 Å². The molecule has 3 saturated heterocycles. The maximum atomic E-state index is 15.1. The van der Waals surface area contributed by atoms with Crippen LogP contribution in [0.3, 0.4) is 0 Å². The van der Waals surface area contributed by atoms with Gasteiger partial charge in [0.25, 0.3) is 0 Å². The summed E-state index contributed by atoms with van der Waals surface area (Å²) in [5, 5.41) is 22.9. The summed E-state index contributed by atoms with van der Waals surface area (Å²) in [6.07, 6.45) is 7.18. The second-order valence-electron chi connectivity index (χ2n) is 22.4. The first-order valence-electron chi connectivity index (χ1n) is 29.8. The van der Waals surface area contributed by atoms with Gasteiger partial charge in [-0.2, -0.15) is 11.8 Å². The molecule has 0 unspecified atom stereocenters. The second kappa shape index (κ2) is 34.1. The molecule has 4 aromatic rings. The van der Waals surface area contributed by atoms with Gasteiger partial charge in [0, 0.05) is 85.3 Å². The number of fused-ring (bicyclic) bond motifs is 2. The highest BCUT2D eigenvalue weighted by atomic mass is 35.5. The van der Waals surface area contributed by atoms with Crippen LogP contribution in [0.25, 0.3) is 10.9 Å². The van der Waals surface area contributed by atoms with Gasteiger partial charge >= 0.3 is 6.03 Å². The minimum Gasteiger partial charge on any atom is -0.370 e. The van der Waals surface area contributed by atoms with Crippen molar-refractivity contribution in [3.05, 3.63) is 86.0 Å². The Labute approximate surface area is 544 Å². The molecule has 0 aliphatic carbocycles. The number of hydrogen-bond acceptors (Lipinski definition) is 13. The molecule has 2 aromatic heterocycles. The van der Waals surface area contributed by atoms with Crippen LogP contribution in [0.1, 0.15) is 94.4 Å². The molecule has 16 N–H and O–H groups in total. The summed E-state index contributed by atoms with van der Waals surface area (Å²) in [4.78, 5) is 158. The van der Waals surface area contributed by atoms with Crippen molar-refractivity contribution in [2.24, 2.45) is 22.2 Å². The van der Waals surface area contributed by atoms with Crippen molar-refractivity contribution in [2.75, 3.05) is 45.0 Å². The first kappa shape index (κ1) is 69.9. The maximum Gasteiger partial charge on any atom is 0.315 e. The number of carbonyl (C=O) groups is 10. The van der Waals surface area contributed by atoms with E-state index in [1.54, 1.807) is 24.0 Å². The van der Waals surface area contributed by atoms with E-state index in [1.165, 1.54) is 23.5 Å². The van der Waals surface area contributed by atoms with Crippen LogP contribution in [0.15, 0.2) is 54.0 Å². The standard InChI is InChI=1S/C58H77Cl4N17O10S/c1-2-3-12-38(71-45(81)16-7-6-15-43-51-42(29-90-43)76-58(89)77-51)55(87)79-27-46(82)67-17-8-9-19-78(26-44(63)80)56(88)41(22-32-24-69-36-13-5-4-11-34(32)36)75-52(84)37(14-10-18-68-57(64)65)73-53(85)39(21-31-20-35(59)49(61)50(62)48(31)60)74-54(86)40(72-47(83)28-79)23-33-25-66-30-70-33/h4-5,11,13,20,24-25,30,37-43,51,69H,2-3,6-10,12,14-19,21-23,26-29H2,1H3,(H2,63,80)(H,66,70)(H,67,82)(H,71,81)(H,72,83)(H,73,85)(H,74,86)(H,75,84)(H4,64,65,68)(H2,76,77,89)/t37-,38-,39+,40-,41-,42-,43-,51-/m0/s1. The van der Waals surface area contributed by atoms with Gasteiger partial charge < -0.3 is 79.5 Å². The van der Waals surface area contributed by atoms with E-state index in [0.717, 1.165) is 28.0 Å². The fourth-order valence-corrected chi connectivity index (χ4v) is 13.4. The number of halogens is 4. The van der Waals surface area contributed by atoms with Gasteiger partial charge in [-0.05, 0) is 68.2 Å². The quantitative estimate of drug-likeness (QED) is 0.0134. The lowest BCUT2D eigenvalue weighted by Crippen LogP contribution is -2.60. The number of aromatic amines is 2. The molecule has 3 aliphatic rings. The number of nitrogens with zero attached hydrogens (tertiary/aromatic N) is 4. The molecule has 488 valence electrons. The largest absolute Gasteiger partial charge is 0.370 e. The fourth-order valence-electron chi connectivity index (χ4n) is 10.9. The second-order valence-corrected chi connectivity index (χ2v) is 25.2. The molecule has 0 saturated carbocycles. The monoisotopic (exact) mass is 1340 g/mol. The summed E-state index contributed by atoms with van der Waals surface area (Å²) in [6, 6.07) is 1.19. The number of thioether (sulfide) groups is 1. The van der Waals surface area contributed by atoms with Gasteiger partial charge in [0.15, 0.2) is 5.96 Å². The van der Waals surface area contributed by atoms with E-state index >= 15 is 4.79 Å². The number of hydrogen-bond donors (Lipinski definition) is 13. The van der Waals surface area contributed by atoms with E-state index in [-0.39, 0.29) is 126 Å². The number of unbranched alkanes of at least 4 members (excludes halogenated alkanes) is 2. The first-order valence-corrected chi connectivity index (χ1v) is 32.3. The number of carbonyl (C=O) groups excluding carboxylic acids is 10. The number of nitrogens with two attached hydrogens (primary N) is 3. The Bertz CT molecular complexity index is 3260. The molecule has 0 bridgehead atoms. The van der Waals surface area contributed by atoms with Gasteiger partial charge in [-0.15, -0.1) is 0 Å². The van der Waals surface area contributed by atoms with Crippen molar-refractivity contribution >= 4 is 134 Å². The fraction of sp³-hybridized carbons (Fsp3) is 0.517. The maximum absolute atomic E-state index is 15.1. The third-order valence-electron chi connectivity index (χ3n) is 15.5. The Morgan fingerprint density at radius 1 is 0.767 bits per heavy atom. The van der Waals surface area contributed by atoms with E-state index in [2.05, 4.69) is 62.5 Å². The predicted molar refractivity (Wildman–Crippen MR) is 342 cm³/mol. The molecule has 3 fully saturated rings. The summed E-state index contributed by atoms with van der Waals surface area (Å²) in [6.45, 7) is -0.240. The number of rotatable bonds is 22. The molecule has 32 heteroatoms. The number of H-pyrrole nitrogens is 2. The van der Waals surface area contributed by atoms with Crippen molar-refractivity contribution in [1.29, 1.82) is 0 Å². The van der Waals surface area contributed by atoms with Crippen molar-refractivity contribution in [3.8, 4) is 0 Å². The smallest absolute Gasteiger partial charge is 0.315 e. The third kappa shape index (κ3) is 20.2. The molecule has 7 rings (SSSR count). The Hall–Kier alpha value is -7.53. The van der Waals surface area contributed by atoms with Crippen molar-refractivity contribution in [2.45, 2.75) is 144 Å². The number of primary amides is 1. The van der Waals surface area contributed by atoms with Gasteiger partial charge in [0.05, 0.1) is 45.0 Å². The Morgan fingerprint density at radius 3 is 2.21 bits per heavy atom. The molecular weight excluding hydrogens is 1270 g/mol. The topological polar surface area (TPSA) is 408 Å². The molecule has 0 radical (unpaired) electrons. The third-order valence-corrected chi connectivity index (χ3v) is 18.8. The van der Waals surface area contributed by atoms with Crippen molar-refractivity contribution in [3.63, 3.8) is 0 Å². The first-order chi connectivity index (χ1) is 43.1. The lowest BCUT2D eigenvalue weighted by molar-refractivity contribution is -0.142. The van der Waals surface area contributed by atoms with E-state index < -0.39 is 109 Å². The summed E-state index contributed by atoms with van der Waals surface area (Å²) in [7, 11) is 0. The van der Waals surface area contributed by atoms with Crippen LogP contribution in [-0.2, 0) is 62.4 Å². The predicted octanol–water partition coefficient (Wildman–Crippen LogP) is 1.98. The average Bonchev–Trinajstić information content (AvgIpc) is 2.26. The van der Waals surface area contributed by atoms with Gasteiger partial charge in [-0.1, -0.05) is 90.8 Å². The van der Waals surface area contributed by atoms with E-state index in [0.29, 0.717) is 36.9 Å². The van der Waals surface area contributed by atoms with E-state index in [4.69, 9.17) is 63.6 Å². The zero-order valence-electron chi connectivity index (χ0n) is 49.6. The van der Waals surface area contributed by atoms with Crippen LogP contribution in [0.2, 0.25) is 20.1 Å². The van der Waals surface area contributed by atoms with Crippen LogP contribution in [0.5, 0.6) is 0 Å². The lowest BCUT2D eigenvalue weighted by atomic mass is 10.0. The highest BCUT2D eigenvalue weighted by Gasteiger charge is 2.43. The Kier molecular flexibility index (Phi) is 26.5. The highest BCUT2D eigenvalue weighted by Crippen LogP contribution is 2.39. The molecule has 3 aliphatic heterocycles. The van der Waals surface area contributed by atoms with E-state index in [1.807, 2.05) is 25.1 Å². The molecule has 5 heterocycles. The normalized spacial score (nSPS) is 22.1. The highest BCUT2D eigenvalue weighted by molar-refractivity contribution is 8.00. The molecular formula is C58H77Cl4N17O10S. The zero-order valence-corrected chi connectivity index (χ0v) is 53.5. The molecule has 27 nitrogen and oxygen atoms in total. The van der Waals surface area contributed by atoms with Crippen LogP contribution in [0, 0.1) is 0 Å². The molecule has 2 aromatic carbocycles. The number of nitrogens with one attached hydrogen (secondary N) is 10.